The normalized spacial score (nSPS) is 45.6. The van der Waals surface area contributed by atoms with Crippen molar-refractivity contribution in [3.05, 3.63) is 0 Å². The summed E-state index contributed by atoms with van der Waals surface area (Å²) < 4.78 is 74.2. The molecule has 0 aromatic rings. The number of hydrogen-bond donors (Lipinski definition) is 1. The third-order valence-corrected chi connectivity index (χ3v) is 10.3. The summed E-state index contributed by atoms with van der Waals surface area (Å²) in [5.41, 5.74) is -0.535. The Kier molecular flexibility index (Phi) is 5.20. The van der Waals surface area contributed by atoms with Crippen LogP contribution in [0.3, 0.4) is 0 Å². The van der Waals surface area contributed by atoms with Gasteiger partial charge in [-0.3, -0.25) is 18.9 Å². The smallest absolute Gasteiger partial charge is 0.402 e. The Hall–Kier alpha value is -1.66. The maximum Gasteiger partial charge on any atom is 0.402 e. The zero-order chi connectivity index (χ0) is 24.9. The highest BCUT2D eigenvalue weighted by Gasteiger charge is 2.64. The summed E-state index contributed by atoms with van der Waals surface area (Å²) in [6.45, 7) is -1.87. The molecule has 2 heterocycles. The molecule has 2 aliphatic heterocycles. The molecule has 194 valence electrons. The molecule has 0 aromatic heterocycles. The average molecular weight is 519 g/mol. The van der Waals surface area contributed by atoms with Gasteiger partial charge in [0.15, 0.2) is 12.4 Å². The molecular weight excluding hydrogens is 490 g/mol. The van der Waals surface area contributed by atoms with E-state index in [1.807, 2.05) is 0 Å². The van der Waals surface area contributed by atoms with Crippen LogP contribution in [-0.2, 0) is 38.7 Å². The minimum absolute atomic E-state index is 0.0963. The summed E-state index contributed by atoms with van der Waals surface area (Å²) in [6.07, 6.45) is 3.90. The number of alkyl halides is 2. The molecular formula is C23H28F2O9S. The molecule has 35 heavy (non-hydrogen) atoms. The van der Waals surface area contributed by atoms with Gasteiger partial charge in [0.25, 0.3) is 0 Å². The van der Waals surface area contributed by atoms with E-state index >= 15 is 0 Å². The second-order valence-corrected chi connectivity index (χ2v) is 13.2. The van der Waals surface area contributed by atoms with Crippen molar-refractivity contribution in [3.8, 4) is 0 Å². The fourth-order valence-electron chi connectivity index (χ4n) is 8.39. The molecule has 12 heteroatoms. The SMILES string of the molecule is O=C1C2CC3C(OC(=O)C45CC6CC(CC(C6)C4)C5)C(CC1C3C(=O)OCC(F)(F)S(=O)(=O)O)O2. The van der Waals surface area contributed by atoms with Crippen LogP contribution in [0.4, 0.5) is 8.78 Å². The lowest BCUT2D eigenvalue weighted by atomic mass is 9.49. The lowest BCUT2D eigenvalue weighted by molar-refractivity contribution is -0.243. The van der Waals surface area contributed by atoms with Gasteiger partial charge in [-0.25, -0.2) is 0 Å². The monoisotopic (exact) mass is 518 g/mol. The molecule has 6 atom stereocenters. The Morgan fingerprint density at radius 3 is 2.23 bits per heavy atom. The zero-order valence-corrected chi connectivity index (χ0v) is 19.8. The van der Waals surface area contributed by atoms with Gasteiger partial charge >= 0.3 is 27.3 Å². The summed E-state index contributed by atoms with van der Waals surface area (Å²) >= 11 is 0. The van der Waals surface area contributed by atoms with Gasteiger partial charge in [-0.05, 0) is 69.1 Å². The molecule has 9 nitrogen and oxygen atoms in total. The standard InChI is InChI=1S/C23H28F2O9S/c24-23(25,35(29,30)31)9-32-20(27)17-13-4-16-19(14(17)5-15(33-16)18(13)26)34-21(28)22-6-10-1-11(7-22)3-12(2-10)8-22/h10-17,19H,1-9H2,(H,29,30,31). The fraction of sp³-hybridized carbons (Fsp3) is 0.870. The van der Waals surface area contributed by atoms with Gasteiger partial charge in [-0.2, -0.15) is 17.2 Å². The van der Waals surface area contributed by atoms with Crippen molar-refractivity contribution >= 4 is 27.8 Å². The number of ether oxygens (including phenoxy) is 3. The largest absolute Gasteiger partial charge is 0.459 e. The summed E-state index contributed by atoms with van der Waals surface area (Å²) in [5, 5.41) is -4.67. The van der Waals surface area contributed by atoms with E-state index in [1.165, 1.54) is 0 Å². The molecule has 8 fully saturated rings. The van der Waals surface area contributed by atoms with Crippen LogP contribution in [0.15, 0.2) is 0 Å². The maximum absolute atomic E-state index is 13.6. The van der Waals surface area contributed by atoms with Crippen LogP contribution in [0.5, 0.6) is 0 Å². The van der Waals surface area contributed by atoms with Gasteiger partial charge < -0.3 is 14.2 Å². The van der Waals surface area contributed by atoms with Crippen LogP contribution < -0.4 is 0 Å². The third kappa shape index (κ3) is 3.65. The quantitative estimate of drug-likeness (QED) is 0.415. The number of carbonyl (C=O) groups is 3. The van der Waals surface area contributed by atoms with Crippen molar-refractivity contribution in [1.29, 1.82) is 0 Å². The van der Waals surface area contributed by atoms with Crippen LogP contribution in [0.25, 0.3) is 0 Å². The van der Waals surface area contributed by atoms with Gasteiger partial charge in [-0.1, -0.05) is 0 Å². The van der Waals surface area contributed by atoms with Crippen LogP contribution in [0, 0.1) is 40.9 Å². The Balaban J connectivity index is 1.20. The van der Waals surface area contributed by atoms with Gasteiger partial charge in [0.1, 0.15) is 12.2 Å². The van der Waals surface area contributed by atoms with Crippen molar-refractivity contribution < 1.29 is 50.3 Å². The highest BCUT2D eigenvalue weighted by Crippen LogP contribution is 2.61. The predicted molar refractivity (Wildman–Crippen MR) is 111 cm³/mol. The summed E-state index contributed by atoms with van der Waals surface area (Å²) in [6, 6.07) is 0. The Morgan fingerprint density at radius 2 is 1.66 bits per heavy atom. The first-order valence-corrected chi connectivity index (χ1v) is 13.7. The molecule has 1 N–H and O–H groups in total. The van der Waals surface area contributed by atoms with E-state index in [-0.39, 0.29) is 24.6 Å². The predicted octanol–water partition coefficient (Wildman–Crippen LogP) is 2.13. The molecule has 0 aromatic carbocycles. The number of hydrogen-bond acceptors (Lipinski definition) is 8. The number of Topliss-reactive ketones (excluding diaryl/α,β-unsaturated/α-hetero) is 1. The van der Waals surface area contributed by atoms with Crippen molar-refractivity contribution in [2.75, 3.05) is 6.61 Å². The highest BCUT2D eigenvalue weighted by molar-refractivity contribution is 7.86. The van der Waals surface area contributed by atoms with E-state index in [2.05, 4.69) is 4.74 Å². The first-order chi connectivity index (χ1) is 16.4. The van der Waals surface area contributed by atoms with Gasteiger partial charge in [0, 0.05) is 11.8 Å². The van der Waals surface area contributed by atoms with Gasteiger partial charge in [0.2, 0.25) is 0 Å². The van der Waals surface area contributed by atoms with Crippen LogP contribution >= 0.6 is 0 Å². The summed E-state index contributed by atoms with van der Waals surface area (Å²) in [7, 11) is -5.78. The zero-order valence-electron chi connectivity index (χ0n) is 18.9. The molecule has 8 aliphatic rings. The summed E-state index contributed by atoms with van der Waals surface area (Å²) in [5.74, 6) is -2.86. The molecule has 6 aliphatic carbocycles. The second kappa shape index (κ2) is 7.67. The maximum atomic E-state index is 13.6. The van der Waals surface area contributed by atoms with E-state index in [9.17, 15) is 31.6 Å². The number of esters is 2. The molecule has 6 saturated carbocycles. The van der Waals surface area contributed by atoms with Crippen molar-refractivity contribution in [3.63, 3.8) is 0 Å². The Bertz CT molecular complexity index is 1040. The van der Waals surface area contributed by atoms with Gasteiger partial charge in [0.05, 0.1) is 17.4 Å². The van der Waals surface area contributed by atoms with Crippen LogP contribution in [0.2, 0.25) is 0 Å². The van der Waals surface area contributed by atoms with E-state index in [1.54, 1.807) is 0 Å². The van der Waals surface area contributed by atoms with Crippen molar-refractivity contribution in [2.24, 2.45) is 40.9 Å². The van der Waals surface area contributed by atoms with E-state index in [4.69, 9.17) is 14.0 Å². The first-order valence-electron chi connectivity index (χ1n) is 12.3. The minimum atomic E-state index is -5.78. The first kappa shape index (κ1) is 23.7. The molecule has 8 bridgehead atoms. The number of ketones is 1. The van der Waals surface area contributed by atoms with Crippen molar-refractivity contribution in [2.45, 2.75) is 74.9 Å². The number of rotatable bonds is 6. The summed E-state index contributed by atoms with van der Waals surface area (Å²) in [4.78, 5) is 39.1. The Morgan fingerprint density at radius 1 is 1.06 bits per heavy atom. The van der Waals surface area contributed by atoms with Crippen molar-refractivity contribution in [1.82, 2.24) is 0 Å². The lowest BCUT2D eigenvalue weighted by Gasteiger charge is -2.57. The molecule has 8 rings (SSSR count). The molecule has 0 amide bonds. The highest BCUT2D eigenvalue weighted by atomic mass is 32.2. The topological polar surface area (TPSA) is 133 Å². The number of halogens is 2. The average Bonchev–Trinajstić information content (AvgIpc) is 2.74. The van der Waals surface area contributed by atoms with Crippen LogP contribution in [0.1, 0.15) is 51.4 Å². The van der Waals surface area contributed by atoms with E-state index in [0.717, 1.165) is 38.5 Å². The second-order valence-electron chi connectivity index (χ2n) is 11.6. The fourth-order valence-corrected chi connectivity index (χ4v) is 8.60. The van der Waals surface area contributed by atoms with Gasteiger partial charge in [-0.15, -0.1) is 0 Å². The third-order valence-electron chi connectivity index (χ3n) is 9.42. The minimum Gasteiger partial charge on any atom is -0.459 e. The number of carbonyl (C=O) groups excluding carboxylic acids is 3. The molecule has 6 unspecified atom stereocenters. The van der Waals surface area contributed by atoms with Crippen LogP contribution in [-0.4, -0.2) is 60.9 Å². The Labute approximate surface area is 201 Å². The van der Waals surface area contributed by atoms with E-state index < -0.39 is 69.4 Å². The molecule has 0 radical (unpaired) electrons. The molecule has 0 spiro atoms. The lowest BCUT2D eigenvalue weighted by Crippen LogP contribution is -2.66. The van der Waals surface area contributed by atoms with E-state index in [0.29, 0.717) is 17.8 Å². The molecule has 2 saturated heterocycles.